The van der Waals surface area contributed by atoms with Gasteiger partial charge in [-0.25, -0.2) is 14.2 Å². The van der Waals surface area contributed by atoms with Crippen LogP contribution in [0.1, 0.15) is 12.1 Å². The van der Waals surface area contributed by atoms with Crippen molar-refractivity contribution in [2.45, 2.75) is 18.6 Å². The second-order valence-corrected chi connectivity index (χ2v) is 6.84. The van der Waals surface area contributed by atoms with Gasteiger partial charge < -0.3 is 20.4 Å². The molecule has 11 heteroatoms. The molecule has 0 saturated carbocycles. The van der Waals surface area contributed by atoms with Gasteiger partial charge in [0.25, 0.3) is 0 Å². The van der Waals surface area contributed by atoms with Crippen molar-refractivity contribution >= 4 is 23.5 Å². The summed E-state index contributed by atoms with van der Waals surface area (Å²) in [6, 6.07) is 5.47. The highest BCUT2D eigenvalue weighted by atomic mass is 19.4. The van der Waals surface area contributed by atoms with Gasteiger partial charge in [0.1, 0.15) is 11.6 Å². The molecule has 3 rings (SSSR count). The van der Waals surface area contributed by atoms with Crippen LogP contribution in [0.3, 0.4) is 0 Å². The first-order chi connectivity index (χ1) is 13.6. The summed E-state index contributed by atoms with van der Waals surface area (Å²) in [4.78, 5) is 22.9. The van der Waals surface area contributed by atoms with E-state index in [1.54, 1.807) is 19.0 Å². The number of anilines is 3. The molecule has 1 atom stereocenters. The predicted molar refractivity (Wildman–Crippen MR) is 101 cm³/mol. The zero-order valence-electron chi connectivity index (χ0n) is 15.8. The molecule has 29 heavy (non-hydrogen) atoms. The molecule has 1 aromatic heterocycles. The molecule has 1 aliphatic rings. The third-order valence-electron chi connectivity index (χ3n) is 4.34. The van der Waals surface area contributed by atoms with E-state index in [4.69, 9.17) is 0 Å². The van der Waals surface area contributed by atoms with Crippen LogP contribution in [0.5, 0.6) is 0 Å². The molecule has 0 aliphatic carbocycles. The average Bonchev–Trinajstić information content (AvgIpc) is 3.11. The van der Waals surface area contributed by atoms with Crippen LogP contribution >= 0.6 is 0 Å². The SMILES string of the molecule is CN(C)c1nc(N2CCC(NC(=O)Nc3ccc(F)cc3)C2)cc(C(F)(F)F)n1. The number of amides is 2. The zero-order chi connectivity index (χ0) is 21.2. The minimum Gasteiger partial charge on any atom is -0.354 e. The van der Waals surface area contributed by atoms with Crippen molar-refractivity contribution in [1.82, 2.24) is 15.3 Å². The first kappa shape index (κ1) is 20.6. The van der Waals surface area contributed by atoms with E-state index in [1.165, 1.54) is 29.2 Å². The van der Waals surface area contributed by atoms with Gasteiger partial charge in [-0.3, -0.25) is 0 Å². The van der Waals surface area contributed by atoms with Crippen molar-refractivity contribution in [3.8, 4) is 0 Å². The predicted octanol–water partition coefficient (Wildman–Crippen LogP) is 3.10. The second kappa shape index (κ2) is 8.10. The Morgan fingerprint density at radius 1 is 1.21 bits per heavy atom. The molecule has 2 heterocycles. The number of halogens is 4. The molecule has 2 aromatic rings. The van der Waals surface area contributed by atoms with Gasteiger partial charge in [0.2, 0.25) is 5.95 Å². The topological polar surface area (TPSA) is 73.4 Å². The highest BCUT2D eigenvalue weighted by Crippen LogP contribution is 2.31. The molecule has 1 aliphatic heterocycles. The summed E-state index contributed by atoms with van der Waals surface area (Å²) in [5.41, 5.74) is -0.586. The van der Waals surface area contributed by atoms with Crippen LogP contribution in [0.4, 0.5) is 39.8 Å². The summed E-state index contributed by atoms with van der Waals surface area (Å²) in [6.07, 6.45) is -4.05. The quantitative estimate of drug-likeness (QED) is 0.755. The van der Waals surface area contributed by atoms with Gasteiger partial charge in [-0.05, 0) is 30.7 Å². The third kappa shape index (κ3) is 5.24. The number of carbonyl (C=O) groups excluding carboxylic acids is 1. The van der Waals surface area contributed by atoms with Crippen molar-refractivity contribution in [3.63, 3.8) is 0 Å². The number of aromatic nitrogens is 2. The fourth-order valence-corrected chi connectivity index (χ4v) is 2.90. The second-order valence-electron chi connectivity index (χ2n) is 6.84. The monoisotopic (exact) mass is 412 g/mol. The number of alkyl halides is 3. The molecule has 0 bridgehead atoms. The molecule has 1 fully saturated rings. The first-order valence-electron chi connectivity index (χ1n) is 8.83. The summed E-state index contributed by atoms with van der Waals surface area (Å²) in [6.45, 7) is 0.737. The van der Waals surface area contributed by atoms with Gasteiger partial charge in [0.15, 0.2) is 5.69 Å². The molecule has 1 aromatic carbocycles. The number of rotatable bonds is 4. The Labute approximate surface area is 164 Å². The summed E-state index contributed by atoms with van der Waals surface area (Å²) in [5.74, 6) is -0.304. The summed E-state index contributed by atoms with van der Waals surface area (Å²) >= 11 is 0. The van der Waals surface area contributed by atoms with E-state index in [9.17, 15) is 22.4 Å². The largest absolute Gasteiger partial charge is 0.433 e. The molecular formula is C18H20F4N6O. The van der Waals surface area contributed by atoms with Gasteiger partial charge >= 0.3 is 12.2 Å². The lowest BCUT2D eigenvalue weighted by Crippen LogP contribution is -2.39. The average molecular weight is 412 g/mol. The van der Waals surface area contributed by atoms with Gasteiger partial charge in [-0.1, -0.05) is 0 Å². The summed E-state index contributed by atoms with van der Waals surface area (Å²) in [7, 11) is 3.13. The number of hydrogen-bond donors (Lipinski definition) is 2. The van der Waals surface area contributed by atoms with E-state index in [1.807, 2.05) is 0 Å². The number of hydrogen-bond acceptors (Lipinski definition) is 5. The van der Waals surface area contributed by atoms with Crippen LogP contribution in [-0.4, -0.2) is 49.2 Å². The Kier molecular flexibility index (Phi) is 5.76. The number of nitrogens with zero attached hydrogens (tertiary/aromatic N) is 4. The molecule has 7 nitrogen and oxygen atoms in total. The van der Waals surface area contributed by atoms with E-state index >= 15 is 0 Å². The van der Waals surface area contributed by atoms with Crippen molar-refractivity contribution < 1.29 is 22.4 Å². The van der Waals surface area contributed by atoms with Crippen LogP contribution in [0.25, 0.3) is 0 Å². The van der Waals surface area contributed by atoms with E-state index in [-0.39, 0.29) is 17.8 Å². The molecule has 156 valence electrons. The zero-order valence-corrected chi connectivity index (χ0v) is 15.8. The molecular weight excluding hydrogens is 392 g/mol. The lowest BCUT2D eigenvalue weighted by atomic mass is 10.3. The minimum absolute atomic E-state index is 0.0414. The van der Waals surface area contributed by atoms with E-state index in [2.05, 4.69) is 20.6 Å². The van der Waals surface area contributed by atoms with Crippen molar-refractivity contribution in [2.24, 2.45) is 0 Å². The van der Waals surface area contributed by atoms with Crippen molar-refractivity contribution in [3.05, 3.63) is 41.8 Å². The van der Waals surface area contributed by atoms with E-state index in [0.29, 0.717) is 25.2 Å². The smallest absolute Gasteiger partial charge is 0.354 e. The Hall–Kier alpha value is -3.11. The maximum Gasteiger partial charge on any atom is 0.433 e. The lowest BCUT2D eigenvalue weighted by molar-refractivity contribution is -0.141. The first-order valence-corrected chi connectivity index (χ1v) is 8.83. The van der Waals surface area contributed by atoms with Crippen LogP contribution < -0.4 is 20.4 Å². The molecule has 2 amide bonds. The molecule has 0 radical (unpaired) electrons. The lowest BCUT2D eigenvalue weighted by Gasteiger charge is -2.21. The Morgan fingerprint density at radius 3 is 2.52 bits per heavy atom. The van der Waals surface area contributed by atoms with Crippen LogP contribution in [0.15, 0.2) is 30.3 Å². The van der Waals surface area contributed by atoms with Gasteiger partial charge in [-0.2, -0.15) is 18.2 Å². The van der Waals surface area contributed by atoms with Crippen molar-refractivity contribution in [1.29, 1.82) is 0 Å². The van der Waals surface area contributed by atoms with E-state index in [0.717, 1.165) is 6.07 Å². The van der Waals surface area contributed by atoms with Gasteiger partial charge in [0, 0.05) is 45.0 Å². The summed E-state index contributed by atoms with van der Waals surface area (Å²) < 4.78 is 52.4. The number of nitrogens with one attached hydrogen (secondary N) is 2. The number of urea groups is 1. The fraction of sp³-hybridized carbons (Fsp3) is 0.389. The van der Waals surface area contributed by atoms with Gasteiger partial charge in [0.05, 0.1) is 0 Å². The van der Waals surface area contributed by atoms with E-state index < -0.39 is 23.7 Å². The van der Waals surface area contributed by atoms with Crippen LogP contribution in [0, 0.1) is 5.82 Å². The third-order valence-corrected chi connectivity index (χ3v) is 4.34. The molecule has 1 unspecified atom stereocenters. The highest BCUT2D eigenvalue weighted by Gasteiger charge is 2.35. The maximum absolute atomic E-state index is 13.2. The molecule has 0 spiro atoms. The normalized spacial score (nSPS) is 16.6. The fourth-order valence-electron chi connectivity index (χ4n) is 2.90. The molecule has 2 N–H and O–H groups in total. The Morgan fingerprint density at radius 2 is 1.90 bits per heavy atom. The highest BCUT2D eigenvalue weighted by molar-refractivity contribution is 5.89. The Balaban J connectivity index is 1.66. The summed E-state index contributed by atoms with van der Waals surface area (Å²) in [5, 5.41) is 5.35. The standard InChI is InChI=1S/C18H20F4N6O/c1-27(2)16-25-14(18(20,21)22)9-15(26-16)28-8-7-13(10-28)24-17(29)23-12-5-3-11(19)4-6-12/h3-6,9,13H,7-8,10H2,1-2H3,(H2,23,24,29). The Bertz CT molecular complexity index is 872. The van der Waals surface area contributed by atoms with Crippen LogP contribution in [-0.2, 0) is 6.18 Å². The van der Waals surface area contributed by atoms with Gasteiger partial charge in [-0.15, -0.1) is 0 Å². The minimum atomic E-state index is -4.59. The maximum atomic E-state index is 13.2. The number of benzene rings is 1. The molecule has 1 saturated heterocycles. The van der Waals surface area contributed by atoms with Crippen LogP contribution in [0.2, 0.25) is 0 Å². The van der Waals surface area contributed by atoms with Crippen molar-refractivity contribution in [2.75, 3.05) is 42.3 Å². The number of carbonyl (C=O) groups is 1.